The smallest absolute Gasteiger partial charge is 0.153 e. The third-order valence-electron chi connectivity index (χ3n) is 1.16. The summed E-state index contributed by atoms with van der Waals surface area (Å²) < 4.78 is 21.7. The molecule has 0 aromatic carbocycles. The molecule has 0 N–H and O–H groups in total. The van der Waals surface area contributed by atoms with Gasteiger partial charge >= 0.3 is 0 Å². The third kappa shape index (κ3) is 5.79. The zero-order valence-electron chi connectivity index (χ0n) is 6.82. The van der Waals surface area contributed by atoms with Gasteiger partial charge in [-0.25, -0.2) is 8.42 Å². The summed E-state index contributed by atoms with van der Waals surface area (Å²) in [6.07, 6.45) is 4.78. The average molecular weight is 175 g/mol. The van der Waals surface area contributed by atoms with E-state index < -0.39 is 9.84 Å². The third-order valence-corrected chi connectivity index (χ3v) is 2.74. The number of rotatable bonds is 4. The standard InChI is InChI=1S/C7H13NO2S/c1-3-11(9,10)7-5-4-6-8-2/h4-6H,3,7H2,1-2H3/b5-4-,8-6-. The molecule has 0 radical (unpaired) electrons. The highest BCUT2D eigenvalue weighted by Crippen LogP contribution is 1.88. The van der Waals surface area contributed by atoms with Crippen LogP contribution in [0.15, 0.2) is 17.1 Å². The van der Waals surface area contributed by atoms with Crippen molar-refractivity contribution in [2.45, 2.75) is 6.92 Å². The molecule has 0 amide bonds. The van der Waals surface area contributed by atoms with Gasteiger partial charge in [0, 0.05) is 19.0 Å². The first kappa shape index (κ1) is 10.4. The molecule has 64 valence electrons. The van der Waals surface area contributed by atoms with Gasteiger partial charge in [-0.3, -0.25) is 4.99 Å². The van der Waals surface area contributed by atoms with Crippen molar-refractivity contribution < 1.29 is 8.42 Å². The van der Waals surface area contributed by atoms with Crippen LogP contribution in [0.1, 0.15) is 6.92 Å². The SMILES string of the molecule is CCS(=O)(=O)C/C=C\C=N/C. The summed E-state index contributed by atoms with van der Waals surface area (Å²) in [4.78, 5) is 3.67. The van der Waals surface area contributed by atoms with Crippen molar-refractivity contribution in [2.75, 3.05) is 18.6 Å². The number of hydrogen-bond donors (Lipinski definition) is 0. The molecule has 0 atom stereocenters. The van der Waals surface area contributed by atoms with E-state index in [1.54, 1.807) is 32.3 Å². The second kappa shape index (κ2) is 5.07. The highest BCUT2D eigenvalue weighted by molar-refractivity contribution is 7.91. The van der Waals surface area contributed by atoms with Crippen LogP contribution in [0.4, 0.5) is 0 Å². The Bertz CT molecular complexity index is 239. The number of aliphatic imine (C=N–C) groups is 1. The molecule has 0 aliphatic heterocycles. The second-order valence-electron chi connectivity index (χ2n) is 2.03. The van der Waals surface area contributed by atoms with Crippen LogP contribution in [0.2, 0.25) is 0 Å². The molecule has 0 rings (SSSR count). The molecule has 0 spiro atoms. The molecule has 4 heteroatoms. The maximum atomic E-state index is 10.9. The lowest BCUT2D eigenvalue weighted by molar-refractivity contribution is 0.600. The quantitative estimate of drug-likeness (QED) is 0.590. The Kier molecular flexibility index (Phi) is 4.77. The Labute approximate surface area is 67.8 Å². The van der Waals surface area contributed by atoms with Crippen LogP contribution < -0.4 is 0 Å². The van der Waals surface area contributed by atoms with E-state index >= 15 is 0 Å². The summed E-state index contributed by atoms with van der Waals surface area (Å²) in [7, 11) is -1.21. The van der Waals surface area contributed by atoms with Gasteiger partial charge in [0.15, 0.2) is 9.84 Å². The number of hydrogen-bond acceptors (Lipinski definition) is 3. The van der Waals surface area contributed by atoms with E-state index in [0.29, 0.717) is 0 Å². The first-order chi connectivity index (χ1) is 5.12. The van der Waals surface area contributed by atoms with Crippen molar-refractivity contribution in [3.05, 3.63) is 12.2 Å². The Morgan fingerprint density at radius 1 is 1.45 bits per heavy atom. The summed E-state index contributed by atoms with van der Waals surface area (Å²) >= 11 is 0. The van der Waals surface area contributed by atoms with Crippen molar-refractivity contribution >= 4 is 16.1 Å². The first-order valence-corrected chi connectivity index (χ1v) is 5.22. The molecule has 0 aliphatic carbocycles. The summed E-state index contributed by atoms with van der Waals surface area (Å²) in [5.41, 5.74) is 0. The minimum absolute atomic E-state index is 0.107. The van der Waals surface area contributed by atoms with Gasteiger partial charge in [0.1, 0.15) is 0 Å². The molecule has 11 heavy (non-hydrogen) atoms. The summed E-state index contributed by atoms with van der Waals surface area (Å²) in [6, 6.07) is 0. The van der Waals surface area contributed by atoms with Crippen LogP contribution in [-0.2, 0) is 9.84 Å². The molecule has 0 aliphatic rings. The van der Waals surface area contributed by atoms with Crippen LogP contribution in [0.5, 0.6) is 0 Å². The lowest BCUT2D eigenvalue weighted by atomic mass is 10.6. The van der Waals surface area contributed by atoms with Gasteiger partial charge in [0.2, 0.25) is 0 Å². The van der Waals surface area contributed by atoms with E-state index in [9.17, 15) is 8.42 Å². The lowest BCUT2D eigenvalue weighted by Gasteiger charge is -1.92. The normalized spacial score (nSPS) is 13.3. The van der Waals surface area contributed by atoms with Crippen molar-refractivity contribution in [1.29, 1.82) is 0 Å². The highest BCUT2D eigenvalue weighted by Gasteiger charge is 2.01. The molecule has 0 aromatic rings. The van der Waals surface area contributed by atoms with Gasteiger partial charge in [0.25, 0.3) is 0 Å². The van der Waals surface area contributed by atoms with E-state index in [4.69, 9.17) is 0 Å². The summed E-state index contributed by atoms with van der Waals surface area (Å²) in [6.45, 7) is 1.64. The molecule has 0 aromatic heterocycles. The maximum absolute atomic E-state index is 10.9. The number of nitrogens with zero attached hydrogens (tertiary/aromatic N) is 1. The summed E-state index contributed by atoms with van der Waals surface area (Å²) in [5, 5.41) is 0. The van der Waals surface area contributed by atoms with Crippen LogP contribution in [-0.4, -0.2) is 33.2 Å². The molecular formula is C7H13NO2S. The minimum Gasteiger partial charge on any atom is -0.297 e. The van der Waals surface area contributed by atoms with Gasteiger partial charge in [-0.2, -0.15) is 0 Å². The van der Waals surface area contributed by atoms with Crippen LogP contribution in [0, 0.1) is 0 Å². The molecule has 3 nitrogen and oxygen atoms in total. The van der Waals surface area contributed by atoms with E-state index in [1.165, 1.54) is 0 Å². The minimum atomic E-state index is -2.85. The van der Waals surface area contributed by atoms with E-state index in [0.717, 1.165) is 0 Å². The van der Waals surface area contributed by atoms with E-state index in [2.05, 4.69) is 4.99 Å². The fourth-order valence-corrected chi connectivity index (χ4v) is 1.11. The largest absolute Gasteiger partial charge is 0.297 e. The maximum Gasteiger partial charge on any atom is 0.153 e. The molecular weight excluding hydrogens is 162 g/mol. The average Bonchev–Trinajstić information content (AvgIpc) is 1.99. The van der Waals surface area contributed by atoms with E-state index in [-0.39, 0.29) is 11.5 Å². The zero-order chi connectivity index (χ0) is 8.74. The van der Waals surface area contributed by atoms with E-state index in [1.807, 2.05) is 0 Å². The van der Waals surface area contributed by atoms with Crippen LogP contribution in [0.3, 0.4) is 0 Å². The molecule has 0 bridgehead atoms. The Morgan fingerprint density at radius 3 is 2.55 bits per heavy atom. The zero-order valence-corrected chi connectivity index (χ0v) is 7.63. The summed E-state index contributed by atoms with van der Waals surface area (Å²) in [5.74, 6) is 0.302. The molecule has 0 saturated carbocycles. The monoisotopic (exact) mass is 175 g/mol. The van der Waals surface area contributed by atoms with Crippen molar-refractivity contribution in [3.63, 3.8) is 0 Å². The fraction of sp³-hybridized carbons (Fsp3) is 0.571. The van der Waals surface area contributed by atoms with Crippen LogP contribution in [0.25, 0.3) is 0 Å². The van der Waals surface area contributed by atoms with Gasteiger partial charge in [-0.05, 0) is 6.08 Å². The predicted octanol–water partition coefficient (Wildman–Crippen LogP) is 0.678. The topological polar surface area (TPSA) is 46.5 Å². The van der Waals surface area contributed by atoms with Crippen molar-refractivity contribution in [2.24, 2.45) is 4.99 Å². The van der Waals surface area contributed by atoms with Crippen LogP contribution >= 0.6 is 0 Å². The second-order valence-corrected chi connectivity index (χ2v) is 4.43. The van der Waals surface area contributed by atoms with Gasteiger partial charge in [-0.1, -0.05) is 13.0 Å². The molecule has 0 saturated heterocycles. The van der Waals surface area contributed by atoms with Gasteiger partial charge in [0.05, 0.1) is 5.75 Å². The number of allylic oxidation sites excluding steroid dienone is 1. The Balaban J connectivity index is 3.89. The van der Waals surface area contributed by atoms with Crippen molar-refractivity contribution in [3.8, 4) is 0 Å². The fourth-order valence-electron chi connectivity index (χ4n) is 0.467. The van der Waals surface area contributed by atoms with Gasteiger partial charge in [-0.15, -0.1) is 0 Å². The Morgan fingerprint density at radius 2 is 2.09 bits per heavy atom. The lowest BCUT2D eigenvalue weighted by Crippen LogP contribution is -2.05. The highest BCUT2D eigenvalue weighted by atomic mass is 32.2. The van der Waals surface area contributed by atoms with Crippen molar-refractivity contribution in [1.82, 2.24) is 0 Å². The number of sulfone groups is 1. The molecule has 0 fully saturated rings. The first-order valence-electron chi connectivity index (χ1n) is 3.40. The molecule has 0 heterocycles. The predicted molar refractivity (Wildman–Crippen MR) is 47.9 cm³/mol. The van der Waals surface area contributed by atoms with Gasteiger partial charge < -0.3 is 0 Å². The molecule has 0 unspecified atom stereocenters. The Hall–Kier alpha value is -0.640.